The van der Waals surface area contributed by atoms with E-state index in [-0.39, 0.29) is 5.41 Å². The number of rotatable bonds is 15. The van der Waals surface area contributed by atoms with E-state index in [0.29, 0.717) is 30.3 Å². The fourth-order valence-corrected chi connectivity index (χ4v) is 4.88. The Morgan fingerprint density at radius 2 is 1.57 bits per heavy atom. The maximum absolute atomic E-state index is 12.6. The van der Waals surface area contributed by atoms with Gasteiger partial charge in [0.1, 0.15) is 18.0 Å². The van der Waals surface area contributed by atoms with Crippen LogP contribution in [0.25, 0.3) is 22.8 Å². The maximum Gasteiger partial charge on any atom is 0.323 e. The molecule has 8 heteroatoms. The summed E-state index contributed by atoms with van der Waals surface area (Å²) in [5.41, 5.74) is 4.33. The quantitative estimate of drug-likeness (QED) is 0.0826. The van der Waals surface area contributed by atoms with Crippen molar-refractivity contribution in [3.05, 3.63) is 89.5 Å². The number of methoxy groups -OCH3 is 1. The molecule has 1 aromatic heterocycles. The summed E-state index contributed by atoms with van der Waals surface area (Å²) in [4.78, 5) is 17.2. The van der Waals surface area contributed by atoms with Gasteiger partial charge in [-0.15, -0.1) is 0 Å². The molecule has 2 atom stereocenters. The number of carbonyl (C=O) groups excluding carboxylic acids is 1. The standard InChI is InChI=1S/C36H45N3O5/c1-6-7-8-9-10-23-43-30-21-17-26(18-22-30)32-38-34(44-39-32)28-13-11-25(12-14-28)24-31(35(41)42-5)37-33(40)27-15-19-29(20-16-27)36(2,3)4/h11-22,31,33,37,40H,6-10,23-24H2,1-5H3. The fourth-order valence-electron chi connectivity index (χ4n) is 4.88. The van der Waals surface area contributed by atoms with Crippen molar-refractivity contribution in [3.63, 3.8) is 0 Å². The van der Waals surface area contributed by atoms with E-state index in [4.69, 9.17) is 14.0 Å². The van der Waals surface area contributed by atoms with Gasteiger partial charge in [-0.05, 0) is 71.3 Å². The third-order valence-electron chi connectivity index (χ3n) is 7.63. The lowest BCUT2D eigenvalue weighted by Crippen LogP contribution is -2.41. The zero-order chi connectivity index (χ0) is 31.5. The van der Waals surface area contributed by atoms with Crippen LogP contribution in [0.4, 0.5) is 0 Å². The second kappa shape index (κ2) is 15.6. The van der Waals surface area contributed by atoms with Gasteiger partial charge in [-0.2, -0.15) is 4.98 Å². The summed E-state index contributed by atoms with van der Waals surface area (Å²) < 4.78 is 16.4. The Hall–Kier alpha value is -4.01. The third kappa shape index (κ3) is 9.24. The minimum absolute atomic E-state index is 0.00808. The van der Waals surface area contributed by atoms with Crippen LogP contribution >= 0.6 is 0 Å². The summed E-state index contributed by atoms with van der Waals surface area (Å²) in [6, 6.07) is 22.3. The molecule has 0 radical (unpaired) electrons. The van der Waals surface area contributed by atoms with Gasteiger partial charge in [-0.25, -0.2) is 0 Å². The van der Waals surface area contributed by atoms with Gasteiger partial charge in [0.2, 0.25) is 5.82 Å². The van der Waals surface area contributed by atoms with E-state index >= 15 is 0 Å². The van der Waals surface area contributed by atoms with E-state index < -0.39 is 18.2 Å². The van der Waals surface area contributed by atoms with Crippen molar-refractivity contribution < 1.29 is 23.9 Å². The molecule has 0 fully saturated rings. The second-order valence-corrected chi connectivity index (χ2v) is 12.1. The number of aromatic nitrogens is 2. The molecule has 1 heterocycles. The number of hydrogen-bond acceptors (Lipinski definition) is 8. The topological polar surface area (TPSA) is 107 Å². The lowest BCUT2D eigenvalue weighted by Gasteiger charge is -2.23. The molecule has 0 aliphatic heterocycles. The second-order valence-electron chi connectivity index (χ2n) is 12.1. The Labute approximate surface area is 260 Å². The van der Waals surface area contributed by atoms with Gasteiger partial charge in [-0.1, -0.05) is 94.9 Å². The highest BCUT2D eigenvalue weighted by molar-refractivity contribution is 5.76. The van der Waals surface area contributed by atoms with Crippen LogP contribution in [0.1, 0.15) is 82.7 Å². The molecule has 3 aromatic carbocycles. The van der Waals surface area contributed by atoms with E-state index in [9.17, 15) is 9.90 Å². The highest BCUT2D eigenvalue weighted by atomic mass is 16.5. The van der Waals surface area contributed by atoms with Crippen molar-refractivity contribution in [2.24, 2.45) is 0 Å². The number of benzene rings is 3. The molecule has 0 saturated heterocycles. The number of hydrogen-bond donors (Lipinski definition) is 2. The number of esters is 1. The van der Waals surface area contributed by atoms with Gasteiger partial charge in [0.05, 0.1) is 13.7 Å². The van der Waals surface area contributed by atoms with E-state index in [1.807, 2.05) is 72.8 Å². The van der Waals surface area contributed by atoms with Crippen LogP contribution in [0.5, 0.6) is 5.75 Å². The van der Waals surface area contributed by atoms with Crippen LogP contribution in [-0.4, -0.2) is 41.0 Å². The van der Waals surface area contributed by atoms with Crippen molar-refractivity contribution in [2.45, 2.75) is 83.9 Å². The summed E-state index contributed by atoms with van der Waals surface area (Å²) in [7, 11) is 1.34. The first kappa shape index (κ1) is 32.9. The van der Waals surface area contributed by atoms with Gasteiger partial charge in [0, 0.05) is 11.1 Å². The van der Waals surface area contributed by atoms with Gasteiger partial charge >= 0.3 is 5.97 Å². The summed E-state index contributed by atoms with van der Waals surface area (Å²) in [6.45, 7) is 9.34. The van der Waals surface area contributed by atoms with Crippen LogP contribution in [0.3, 0.4) is 0 Å². The zero-order valence-corrected chi connectivity index (χ0v) is 26.5. The lowest BCUT2D eigenvalue weighted by atomic mass is 9.86. The van der Waals surface area contributed by atoms with Gasteiger partial charge < -0.3 is 19.1 Å². The van der Waals surface area contributed by atoms with Crippen LogP contribution in [0.15, 0.2) is 77.3 Å². The minimum Gasteiger partial charge on any atom is -0.494 e. The average molecular weight is 600 g/mol. The van der Waals surface area contributed by atoms with Gasteiger partial charge in [0.25, 0.3) is 5.89 Å². The highest BCUT2D eigenvalue weighted by Gasteiger charge is 2.24. The number of unbranched alkanes of at least 4 members (excludes halogenated alkanes) is 4. The van der Waals surface area contributed by atoms with Crippen molar-refractivity contribution in [2.75, 3.05) is 13.7 Å². The lowest BCUT2D eigenvalue weighted by molar-refractivity contribution is -0.144. The maximum atomic E-state index is 12.6. The smallest absolute Gasteiger partial charge is 0.323 e. The Kier molecular flexibility index (Phi) is 11.7. The van der Waals surface area contributed by atoms with Crippen LogP contribution in [0.2, 0.25) is 0 Å². The van der Waals surface area contributed by atoms with E-state index in [1.165, 1.54) is 32.8 Å². The number of aliphatic hydroxyl groups is 1. The van der Waals surface area contributed by atoms with Crippen molar-refractivity contribution in [1.82, 2.24) is 15.5 Å². The summed E-state index contributed by atoms with van der Waals surface area (Å²) in [6.07, 6.45) is 5.32. The van der Waals surface area contributed by atoms with Crippen molar-refractivity contribution in [1.29, 1.82) is 0 Å². The van der Waals surface area contributed by atoms with Crippen LogP contribution in [0, 0.1) is 0 Å². The molecule has 4 rings (SSSR count). The summed E-state index contributed by atoms with van der Waals surface area (Å²) in [5.74, 6) is 1.27. The van der Waals surface area contributed by atoms with Crippen LogP contribution in [-0.2, 0) is 21.4 Å². The van der Waals surface area contributed by atoms with E-state index in [1.54, 1.807) is 0 Å². The molecule has 0 aliphatic rings. The summed E-state index contributed by atoms with van der Waals surface area (Å²) >= 11 is 0. The van der Waals surface area contributed by atoms with Crippen molar-refractivity contribution >= 4 is 5.97 Å². The Balaban J connectivity index is 1.35. The van der Waals surface area contributed by atoms with E-state index in [0.717, 1.165) is 34.4 Å². The Morgan fingerprint density at radius 1 is 0.909 bits per heavy atom. The average Bonchev–Trinajstić information content (AvgIpc) is 3.53. The largest absolute Gasteiger partial charge is 0.494 e. The number of carbonyl (C=O) groups is 1. The number of nitrogens with zero attached hydrogens (tertiary/aromatic N) is 2. The number of ether oxygens (including phenoxy) is 2. The molecule has 4 aromatic rings. The molecule has 0 amide bonds. The van der Waals surface area contributed by atoms with Gasteiger partial charge in [-0.3, -0.25) is 10.1 Å². The molecule has 44 heavy (non-hydrogen) atoms. The SMILES string of the molecule is CCCCCCCOc1ccc(-c2noc(-c3ccc(CC(NC(O)c4ccc(C(C)(C)C)cc4)C(=O)OC)cc3)n2)cc1. The molecule has 2 unspecified atom stereocenters. The predicted molar refractivity (Wildman–Crippen MR) is 172 cm³/mol. The predicted octanol–water partition coefficient (Wildman–Crippen LogP) is 7.42. The Bertz CT molecular complexity index is 1440. The normalized spacial score (nSPS) is 13.0. The molecule has 0 spiro atoms. The number of nitrogens with one attached hydrogen (secondary N) is 1. The zero-order valence-electron chi connectivity index (χ0n) is 26.5. The molecule has 0 saturated carbocycles. The van der Waals surface area contributed by atoms with Crippen LogP contribution < -0.4 is 10.1 Å². The fraction of sp³-hybridized carbons (Fsp3) is 0.417. The molecule has 0 aliphatic carbocycles. The molecular formula is C36H45N3O5. The first-order chi connectivity index (χ1) is 21.2. The van der Waals surface area contributed by atoms with Gasteiger partial charge in [0.15, 0.2) is 0 Å². The first-order valence-electron chi connectivity index (χ1n) is 15.5. The van der Waals surface area contributed by atoms with E-state index in [2.05, 4.69) is 43.2 Å². The molecule has 8 nitrogen and oxygen atoms in total. The molecular weight excluding hydrogens is 554 g/mol. The first-order valence-corrected chi connectivity index (χ1v) is 15.5. The highest BCUT2D eigenvalue weighted by Crippen LogP contribution is 2.26. The third-order valence-corrected chi connectivity index (χ3v) is 7.63. The monoisotopic (exact) mass is 599 g/mol. The molecule has 234 valence electrons. The summed E-state index contributed by atoms with van der Waals surface area (Å²) in [5, 5.41) is 18.0. The minimum atomic E-state index is -1.03. The molecule has 0 bridgehead atoms. The Morgan fingerprint density at radius 3 is 2.20 bits per heavy atom. The molecule has 2 N–H and O–H groups in total. The van der Waals surface area contributed by atoms with Crippen molar-refractivity contribution in [3.8, 4) is 28.6 Å². The number of aliphatic hydroxyl groups excluding tert-OH is 1.